The van der Waals surface area contributed by atoms with E-state index < -0.39 is 0 Å². The van der Waals surface area contributed by atoms with Gasteiger partial charge < -0.3 is 14.2 Å². The van der Waals surface area contributed by atoms with Gasteiger partial charge in [0.05, 0.1) is 13.2 Å². The Kier molecular flexibility index (Phi) is 7.52. The first-order chi connectivity index (χ1) is 15.1. The lowest BCUT2D eigenvalue weighted by molar-refractivity contribution is -0.140. The molecule has 0 spiro atoms. The van der Waals surface area contributed by atoms with Gasteiger partial charge in [0.25, 0.3) is 0 Å². The van der Waals surface area contributed by atoms with E-state index >= 15 is 0 Å². The highest BCUT2D eigenvalue weighted by atomic mass is 16.5. The highest BCUT2D eigenvalue weighted by Crippen LogP contribution is 2.62. The average molecular weight is 431 g/mol. The second-order valence-electron chi connectivity index (χ2n) is 10.4. The van der Waals surface area contributed by atoms with Gasteiger partial charge in [0.1, 0.15) is 0 Å². The predicted octanol–water partition coefficient (Wildman–Crippen LogP) is 4.57. The third-order valence-corrected chi connectivity index (χ3v) is 8.54. The Labute approximate surface area is 186 Å². The molecule has 31 heavy (non-hydrogen) atoms. The van der Waals surface area contributed by atoms with Crippen LogP contribution in [0.15, 0.2) is 25.3 Å². The third kappa shape index (κ3) is 5.42. The summed E-state index contributed by atoms with van der Waals surface area (Å²) in [5.41, 5.74) is 0. The Hall–Kier alpha value is -1.62. The molecule has 5 nitrogen and oxygen atoms in total. The van der Waals surface area contributed by atoms with Gasteiger partial charge in [-0.25, -0.2) is 9.59 Å². The fourth-order valence-corrected chi connectivity index (χ4v) is 7.26. The maximum absolute atomic E-state index is 11.4. The molecule has 0 aromatic rings. The van der Waals surface area contributed by atoms with Crippen LogP contribution in [0.3, 0.4) is 0 Å². The maximum atomic E-state index is 11.4. The van der Waals surface area contributed by atoms with Crippen LogP contribution in [0.5, 0.6) is 0 Å². The van der Waals surface area contributed by atoms with E-state index in [-0.39, 0.29) is 11.9 Å². The Bertz CT molecular complexity index is 673. The summed E-state index contributed by atoms with van der Waals surface area (Å²) in [7, 11) is 0. The smallest absolute Gasteiger partial charge is 0.330 e. The first-order valence-electron chi connectivity index (χ1n) is 12.2. The number of hydrogen-bond donors (Lipinski definition) is 0. The molecule has 4 aliphatic carbocycles. The summed E-state index contributed by atoms with van der Waals surface area (Å²) in [6.45, 7) is 9.75. The van der Waals surface area contributed by atoms with E-state index in [1.165, 1.54) is 50.7 Å². The molecular weight excluding hydrogens is 392 g/mol. The molecule has 0 saturated heterocycles. The van der Waals surface area contributed by atoms with Crippen LogP contribution in [0.2, 0.25) is 0 Å². The van der Waals surface area contributed by atoms with E-state index in [0.29, 0.717) is 36.9 Å². The van der Waals surface area contributed by atoms with E-state index in [0.717, 1.165) is 49.7 Å². The molecular formula is C26H38O5. The predicted molar refractivity (Wildman–Crippen MR) is 118 cm³/mol. The Balaban J connectivity index is 1.16. The zero-order chi connectivity index (χ0) is 21.8. The Morgan fingerprint density at radius 3 is 2.06 bits per heavy atom. The van der Waals surface area contributed by atoms with Gasteiger partial charge in [-0.15, -0.1) is 0 Å². The second-order valence-corrected chi connectivity index (χ2v) is 10.4. The summed E-state index contributed by atoms with van der Waals surface area (Å²) in [5.74, 6) is 4.95. The molecule has 4 aliphatic rings. The molecule has 0 heterocycles. The van der Waals surface area contributed by atoms with E-state index in [1.807, 2.05) is 0 Å². The number of esters is 2. The summed E-state index contributed by atoms with van der Waals surface area (Å²) in [6, 6.07) is 0. The highest BCUT2D eigenvalue weighted by Gasteiger charge is 2.55. The van der Waals surface area contributed by atoms with Crippen LogP contribution in [0.4, 0.5) is 0 Å². The van der Waals surface area contributed by atoms with Crippen LogP contribution in [0, 0.1) is 47.3 Å². The second kappa shape index (κ2) is 10.3. The summed E-state index contributed by atoms with van der Waals surface area (Å²) in [6.07, 6.45) is 12.3. The lowest BCUT2D eigenvalue weighted by Gasteiger charge is -2.32. The maximum Gasteiger partial charge on any atom is 0.330 e. The molecule has 4 fully saturated rings. The van der Waals surface area contributed by atoms with Crippen LogP contribution in [0.1, 0.15) is 51.4 Å². The fraction of sp³-hybridized carbons (Fsp3) is 0.769. The van der Waals surface area contributed by atoms with E-state index in [9.17, 15) is 9.59 Å². The van der Waals surface area contributed by atoms with Crippen molar-refractivity contribution >= 4 is 11.9 Å². The van der Waals surface area contributed by atoms with Crippen LogP contribution >= 0.6 is 0 Å². The summed E-state index contributed by atoms with van der Waals surface area (Å²) >= 11 is 0. The molecule has 0 aromatic heterocycles. The van der Waals surface area contributed by atoms with Crippen molar-refractivity contribution in [1.29, 1.82) is 0 Å². The third-order valence-electron chi connectivity index (χ3n) is 8.54. The molecule has 0 N–H and O–H groups in total. The van der Waals surface area contributed by atoms with E-state index in [2.05, 4.69) is 13.2 Å². The molecule has 0 aromatic carbocycles. The normalized spacial score (nSPS) is 38.5. The minimum atomic E-state index is -0.319. The Morgan fingerprint density at radius 1 is 0.710 bits per heavy atom. The van der Waals surface area contributed by atoms with Crippen molar-refractivity contribution < 1.29 is 23.8 Å². The van der Waals surface area contributed by atoms with E-state index in [4.69, 9.17) is 14.2 Å². The van der Waals surface area contributed by atoms with Crippen molar-refractivity contribution in [3.05, 3.63) is 25.3 Å². The number of carbonyl (C=O) groups is 2. The molecule has 8 unspecified atom stereocenters. The number of hydrogen-bond acceptors (Lipinski definition) is 5. The van der Waals surface area contributed by atoms with Gasteiger partial charge in [-0.1, -0.05) is 19.6 Å². The van der Waals surface area contributed by atoms with Gasteiger partial charge in [-0.3, -0.25) is 0 Å². The minimum Gasteiger partial charge on any atom is -0.462 e. The molecule has 4 rings (SSSR count). The van der Waals surface area contributed by atoms with Crippen LogP contribution in [-0.2, 0) is 23.8 Å². The minimum absolute atomic E-state index is 0.296. The van der Waals surface area contributed by atoms with Crippen molar-refractivity contribution in [2.75, 3.05) is 26.4 Å². The quantitative estimate of drug-likeness (QED) is 0.375. The Morgan fingerprint density at radius 2 is 1.35 bits per heavy atom. The van der Waals surface area contributed by atoms with Crippen molar-refractivity contribution in [2.45, 2.75) is 51.4 Å². The monoisotopic (exact) mass is 430 g/mol. The number of ether oxygens (including phenoxy) is 3. The molecule has 8 atom stereocenters. The van der Waals surface area contributed by atoms with Gasteiger partial charge in [0.2, 0.25) is 0 Å². The van der Waals surface area contributed by atoms with E-state index in [1.54, 1.807) is 0 Å². The zero-order valence-corrected chi connectivity index (χ0v) is 18.7. The largest absolute Gasteiger partial charge is 0.462 e. The molecule has 172 valence electrons. The van der Waals surface area contributed by atoms with Gasteiger partial charge in [-0.2, -0.15) is 0 Å². The SMILES string of the molecule is C=CC(=O)OCC1CCCC(COCC2CC3CC2C2CC(COC(=O)C=C)CC32)C1. The molecule has 0 aliphatic heterocycles. The first-order valence-corrected chi connectivity index (χ1v) is 12.2. The topological polar surface area (TPSA) is 61.8 Å². The number of fused-ring (bicyclic) bond motifs is 5. The summed E-state index contributed by atoms with van der Waals surface area (Å²) in [5, 5.41) is 0. The lowest BCUT2D eigenvalue weighted by atomic mass is 9.76. The van der Waals surface area contributed by atoms with Crippen LogP contribution < -0.4 is 0 Å². The van der Waals surface area contributed by atoms with Crippen molar-refractivity contribution in [1.82, 2.24) is 0 Å². The molecule has 2 bridgehead atoms. The molecule has 5 heteroatoms. The van der Waals surface area contributed by atoms with Crippen molar-refractivity contribution in [3.63, 3.8) is 0 Å². The molecule has 0 radical (unpaired) electrons. The molecule has 0 amide bonds. The zero-order valence-electron chi connectivity index (χ0n) is 18.7. The first kappa shape index (κ1) is 22.6. The number of rotatable bonds is 10. The summed E-state index contributed by atoms with van der Waals surface area (Å²) < 4.78 is 16.8. The summed E-state index contributed by atoms with van der Waals surface area (Å²) in [4.78, 5) is 22.7. The lowest BCUT2D eigenvalue weighted by Crippen LogP contribution is -2.29. The highest BCUT2D eigenvalue weighted by molar-refractivity contribution is 5.81. The van der Waals surface area contributed by atoms with Gasteiger partial charge in [0.15, 0.2) is 0 Å². The fourth-order valence-electron chi connectivity index (χ4n) is 7.26. The number of carbonyl (C=O) groups excluding carboxylic acids is 2. The van der Waals surface area contributed by atoms with Crippen LogP contribution in [0.25, 0.3) is 0 Å². The van der Waals surface area contributed by atoms with Gasteiger partial charge in [0, 0.05) is 25.4 Å². The average Bonchev–Trinajstić information content (AvgIpc) is 3.48. The van der Waals surface area contributed by atoms with Crippen LogP contribution in [-0.4, -0.2) is 38.4 Å². The molecule has 4 saturated carbocycles. The standard InChI is InChI=1S/C26H38O5/c1-3-25(27)30-14-18-7-5-6-17(8-18)13-29-16-21-11-20-12-23(21)24-10-19(9-22(20)24)15-31-26(28)4-2/h3-4,17-24H,1-2,5-16H2. The van der Waals surface area contributed by atoms with Crippen molar-refractivity contribution in [3.8, 4) is 0 Å². The van der Waals surface area contributed by atoms with Gasteiger partial charge in [-0.05, 0) is 92.3 Å². The van der Waals surface area contributed by atoms with Gasteiger partial charge >= 0.3 is 11.9 Å². The van der Waals surface area contributed by atoms with Crippen molar-refractivity contribution in [2.24, 2.45) is 47.3 Å².